The quantitative estimate of drug-likeness (QED) is 0.256. The number of nitrogens with one attached hydrogen (secondary N) is 1. The van der Waals surface area contributed by atoms with Gasteiger partial charge in [-0.2, -0.15) is 0 Å². The summed E-state index contributed by atoms with van der Waals surface area (Å²) < 4.78 is 75.2. The second-order valence-electron chi connectivity index (χ2n) is 4.43. The van der Waals surface area contributed by atoms with Gasteiger partial charge in [-0.25, -0.2) is 22.0 Å². The molecule has 0 spiro atoms. The number of carbonyl (C=O) groups excluding carboxylic acids is 1. The molecule has 0 fully saturated rings. The molecule has 2 N–H and O–H groups in total. The lowest BCUT2D eigenvalue weighted by Gasteiger charge is -2.19. The van der Waals surface area contributed by atoms with E-state index in [2.05, 4.69) is 0 Å². The van der Waals surface area contributed by atoms with E-state index < -0.39 is 49.4 Å². The number of carbonyl (C=O) groups is 1. The zero-order valence-electron chi connectivity index (χ0n) is 12.2. The molecule has 130 valence electrons. The van der Waals surface area contributed by atoms with E-state index in [1.54, 1.807) is 0 Å². The van der Waals surface area contributed by atoms with Crippen molar-refractivity contribution in [2.45, 2.75) is 12.5 Å². The van der Waals surface area contributed by atoms with Gasteiger partial charge in [0.15, 0.2) is 23.3 Å². The van der Waals surface area contributed by atoms with E-state index in [1.807, 2.05) is 5.32 Å². The van der Waals surface area contributed by atoms with Gasteiger partial charge in [0.25, 0.3) is 5.91 Å². The Morgan fingerprint density at radius 3 is 1.87 bits per heavy atom. The highest BCUT2D eigenvalue weighted by Gasteiger charge is 2.34. The molecule has 11 heteroatoms. The van der Waals surface area contributed by atoms with Crippen LogP contribution in [0.3, 0.4) is 0 Å². The first-order chi connectivity index (χ1) is 10.7. The summed E-state index contributed by atoms with van der Waals surface area (Å²) in [4.78, 5) is 21.3. The molecule has 1 aromatic carbocycles. The van der Waals surface area contributed by atoms with Crippen molar-refractivity contribution in [1.29, 1.82) is 0 Å². The third-order valence-electron chi connectivity index (χ3n) is 3.03. The van der Waals surface area contributed by atoms with Crippen molar-refractivity contribution in [2.24, 2.45) is 0 Å². The predicted molar refractivity (Wildman–Crippen MR) is 70.0 cm³/mol. The summed E-state index contributed by atoms with van der Waals surface area (Å²) in [5.74, 6) is -12.6. The number of halogens is 5. The average molecular weight is 359 g/mol. The van der Waals surface area contributed by atoms with Crippen LogP contribution < -0.4 is 5.32 Å². The lowest BCUT2D eigenvalue weighted by atomic mass is 10.1. The van der Waals surface area contributed by atoms with Crippen molar-refractivity contribution in [3.63, 3.8) is 0 Å². The topological polar surface area (TPSA) is 67.8 Å². The first-order valence-corrected chi connectivity index (χ1v) is 8.28. The Labute approximate surface area is 129 Å². The molecule has 0 bridgehead atoms. The van der Waals surface area contributed by atoms with Gasteiger partial charge in [-0.3, -0.25) is 4.79 Å². The third kappa shape index (κ3) is 4.25. The average Bonchev–Trinajstić information content (AvgIpc) is 2.55. The van der Waals surface area contributed by atoms with Gasteiger partial charge in [0.05, 0.1) is 0 Å². The Hall–Kier alpha value is -1.56. The molecule has 0 atom stereocenters. The van der Waals surface area contributed by atoms with E-state index in [0.717, 1.165) is 0 Å². The molecule has 0 aliphatic heterocycles. The molecule has 0 aromatic heterocycles. The minimum atomic E-state index is -3.36. The standard InChI is InChI=1S/C12H14F5NO4Si/c1-21-23(20,22-2)5-3-4-18-12(19)6-7(13)9(15)11(17)10(16)8(6)14/h20H,3-5H2,1-2H3,(H,18,19). The number of rotatable bonds is 7. The second-order valence-corrected chi connectivity index (χ2v) is 7.17. The molecule has 0 aliphatic carbocycles. The molecule has 1 amide bonds. The van der Waals surface area contributed by atoms with Gasteiger partial charge in [0.2, 0.25) is 5.82 Å². The van der Waals surface area contributed by atoms with Crippen LogP contribution in [0.1, 0.15) is 16.8 Å². The monoisotopic (exact) mass is 359 g/mol. The van der Waals surface area contributed by atoms with Crippen LogP contribution in [0.4, 0.5) is 22.0 Å². The summed E-state index contributed by atoms with van der Waals surface area (Å²) in [6.07, 6.45) is 0.103. The maximum atomic E-state index is 13.4. The van der Waals surface area contributed by atoms with E-state index in [9.17, 15) is 31.5 Å². The lowest BCUT2D eigenvalue weighted by molar-refractivity contribution is 0.0939. The van der Waals surface area contributed by atoms with E-state index in [4.69, 9.17) is 8.85 Å². The van der Waals surface area contributed by atoms with E-state index in [0.29, 0.717) is 0 Å². The molecule has 0 unspecified atom stereocenters. The van der Waals surface area contributed by atoms with Gasteiger partial charge in [-0.15, -0.1) is 0 Å². The van der Waals surface area contributed by atoms with Crippen molar-refractivity contribution in [1.82, 2.24) is 5.32 Å². The number of benzene rings is 1. The second kappa shape index (κ2) is 7.81. The molecule has 1 rings (SSSR count). The van der Waals surface area contributed by atoms with Gasteiger partial charge in [0.1, 0.15) is 5.56 Å². The van der Waals surface area contributed by atoms with Crippen LogP contribution in [0.15, 0.2) is 0 Å². The maximum Gasteiger partial charge on any atom is 0.497 e. The molecule has 0 radical (unpaired) electrons. The van der Waals surface area contributed by atoms with E-state index in [-0.39, 0.29) is 19.0 Å². The first kappa shape index (κ1) is 19.5. The van der Waals surface area contributed by atoms with Crippen LogP contribution in [0.25, 0.3) is 0 Å². The van der Waals surface area contributed by atoms with E-state index >= 15 is 0 Å². The zero-order valence-corrected chi connectivity index (χ0v) is 13.2. The summed E-state index contributed by atoms with van der Waals surface area (Å²) >= 11 is 0. The maximum absolute atomic E-state index is 13.4. The largest absolute Gasteiger partial charge is 0.497 e. The van der Waals surface area contributed by atoms with Crippen LogP contribution in [0.2, 0.25) is 6.04 Å². The van der Waals surface area contributed by atoms with Gasteiger partial charge < -0.3 is 19.0 Å². The molecule has 5 nitrogen and oxygen atoms in total. The van der Waals surface area contributed by atoms with Gasteiger partial charge in [-0.05, 0) is 6.42 Å². The third-order valence-corrected chi connectivity index (χ3v) is 5.29. The molecule has 0 heterocycles. The molecule has 0 saturated heterocycles. The number of hydrogen-bond acceptors (Lipinski definition) is 4. The zero-order chi connectivity index (χ0) is 17.8. The highest BCUT2D eigenvalue weighted by Crippen LogP contribution is 2.22. The smallest absolute Gasteiger partial charge is 0.390 e. The summed E-state index contributed by atoms with van der Waals surface area (Å²) in [5, 5.41) is 2.00. The SMILES string of the molecule is CO[Si](O)(CCCNC(=O)c1c(F)c(F)c(F)c(F)c1F)OC. The van der Waals surface area contributed by atoms with Crippen LogP contribution in [-0.2, 0) is 8.85 Å². The Morgan fingerprint density at radius 2 is 1.43 bits per heavy atom. The molecule has 0 saturated carbocycles. The fourth-order valence-electron chi connectivity index (χ4n) is 1.69. The number of hydrogen-bond donors (Lipinski definition) is 2. The fourth-order valence-corrected chi connectivity index (χ4v) is 2.89. The van der Waals surface area contributed by atoms with Crippen LogP contribution in [0, 0.1) is 29.1 Å². The van der Waals surface area contributed by atoms with E-state index in [1.165, 1.54) is 14.2 Å². The molecule has 0 aliphatic rings. The van der Waals surface area contributed by atoms with Crippen molar-refractivity contribution in [3.8, 4) is 0 Å². The Kier molecular flexibility index (Phi) is 6.62. The van der Waals surface area contributed by atoms with Crippen molar-refractivity contribution >= 4 is 14.7 Å². The van der Waals surface area contributed by atoms with Crippen LogP contribution in [0.5, 0.6) is 0 Å². The Morgan fingerprint density at radius 1 is 1.00 bits per heavy atom. The normalized spacial score (nSPS) is 11.7. The first-order valence-electron chi connectivity index (χ1n) is 6.30. The van der Waals surface area contributed by atoms with Crippen LogP contribution in [-0.4, -0.2) is 40.3 Å². The molecule has 1 aromatic rings. The lowest BCUT2D eigenvalue weighted by Crippen LogP contribution is -2.41. The highest BCUT2D eigenvalue weighted by atomic mass is 28.4. The van der Waals surface area contributed by atoms with Gasteiger partial charge >= 0.3 is 8.80 Å². The predicted octanol–water partition coefficient (Wildman–Crippen LogP) is 1.73. The fraction of sp³-hybridized carbons (Fsp3) is 0.417. The van der Waals surface area contributed by atoms with Crippen LogP contribution >= 0.6 is 0 Å². The molecule has 23 heavy (non-hydrogen) atoms. The Bertz CT molecular complexity index is 568. The molecular weight excluding hydrogens is 345 g/mol. The summed E-state index contributed by atoms with van der Waals surface area (Å²) in [6, 6.07) is 0.0252. The summed E-state index contributed by atoms with van der Waals surface area (Å²) in [6.45, 7) is -0.194. The molecular formula is C12H14F5NO4Si. The minimum absolute atomic E-state index is 0.0252. The van der Waals surface area contributed by atoms with Gasteiger partial charge in [0, 0.05) is 26.8 Å². The minimum Gasteiger partial charge on any atom is -0.390 e. The summed E-state index contributed by atoms with van der Waals surface area (Å²) in [5.41, 5.74) is -1.56. The van der Waals surface area contributed by atoms with Crippen molar-refractivity contribution < 1.29 is 40.4 Å². The number of amides is 1. The summed E-state index contributed by atoms with van der Waals surface area (Å²) in [7, 11) is -0.914. The van der Waals surface area contributed by atoms with Gasteiger partial charge in [-0.1, -0.05) is 0 Å². The van der Waals surface area contributed by atoms with Crippen molar-refractivity contribution in [2.75, 3.05) is 20.8 Å². The highest BCUT2D eigenvalue weighted by molar-refractivity contribution is 6.59. The van der Waals surface area contributed by atoms with Crippen molar-refractivity contribution in [3.05, 3.63) is 34.6 Å². The Balaban J connectivity index is 2.77.